The molecule has 0 radical (unpaired) electrons. The van der Waals surface area contributed by atoms with Gasteiger partial charge in [-0.3, -0.25) is 4.79 Å². The number of nitrogens with zero attached hydrogens (tertiary/aromatic N) is 3. The fraction of sp³-hybridized carbons (Fsp3) is 0.400. The normalized spacial score (nSPS) is 18.0. The molecule has 14 heteroatoms. The summed E-state index contributed by atoms with van der Waals surface area (Å²) >= 11 is 0. The predicted octanol–water partition coefficient (Wildman–Crippen LogP) is 4.05. The number of ether oxygens (including phenoxy) is 3. The van der Waals surface area contributed by atoms with Crippen LogP contribution in [0.15, 0.2) is 40.9 Å². The van der Waals surface area contributed by atoms with Gasteiger partial charge in [-0.1, -0.05) is 18.1 Å². The zero-order valence-electron chi connectivity index (χ0n) is 25.2. The largest absolute Gasteiger partial charge is 0.485 e. The lowest BCUT2D eigenvalue weighted by Gasteiger charge is -2.38. The molecule has 0 aliphatic carbocycles. The first-order valence-electron chi connectivity index (χ1n) is 14.2. The number of carbonyl (C=O) groups excluding carboxylic acids is 3. The molecule has 0 fully saturated rings. The van der Waals surface area contributed by atoms with Gasteiger partial charge in [-0.2, -0.15) is 0 Å². The Balaban J connectivity index is 1.40. The number of fused-ring (bicyclic) bond motifs is 2. The lowest BCUT2D eigenvalue weighted by atomic mass is 9.99. The summed E-state index contributed by atoms with van der Waals surface area (Å²) in [4.78, 5) is 43.0. The van der Waals surface area contributed by atoms with Crippen LogP contribution in [0, 0.1) is 19.8 Å². The quantitative estimate of drug-likeness (QED) is 0.309. The summed E-state index contributed by atoms with van der Waals surface area (Å²) in [5.41, 5.74) is 1.99. The molecule has 14 nitrogen and oxygen atoms in total. The first-order chi connectivity index (χ1) is 21.0. The van der Waals surface area contributed by atoms with Crippen LogP contribution in [-0.2, 0) is 0 Å². The number of hydrogen-bond acceptors (Lipinski definition) is 9. The van der Waals surface area contributed by atoms with Gasteiger partial charge in [0, 0.05) is 31.3 Å². The zero-order valence-corrected chi connectivity index (χ0v) is 25.2. The molecule has 0 saturated heterocycles. The maximum Gasteiger partial charge on any atom is 0.323 e. The number of hydrogen-bond donors (Lipinski definition) is 4. The number of benzene rings is 2. The van der Waals surface area contributed by atoms with Crippen LogP contribution in [0.3, 0.4) is 0 Å². The van der Waals surface area contributed by atoms with Crippen molar-refractivity contribution in [2.45, 2.75) is 39.8 Å². The van der Waals surface area contributed by atoms with E-state index in [-0.39, 0.29) is 55.3 Å². The summed E-state index contributed by atoms with van der Waals surface area (Å²) in [5, 5.41) is 22.2. The van der Waals surface area contributed by atoms with Gasteiger partial charge in [0.2, 0.25) is 6.79 Å². The molecule has 0 spiro atoms. The standard InChI is InChI=1S/C30H36N6O8/c1-16-12-36(17(2)14-37)28(38)21-7-6-8-22(32-29(39)31-20-9-10-23-24(11-20)42-15-41-23)27(21)43-25(16)13-35(5)30(40)33-26-18(3)34-44-19(26)4/h6-11,16-17,25,37H,12-15H2,1-5H3,(H,33,40)(H2,31,32,39)/t16-,17+,25-/m0/s1. The molecule has 3 atom stereocenters. The molecular weight excluding hydrogens is 572 g/mol. The van der Waals surface area contributed by atoms with Crippen molar-refractivity contribution in [3.8, 4) is 17.2 Å². The molecule has 3 aromatic rings. The van der Waals surface area contributed by atoms with E-state index in [0.29, 0.717) is 34.3 Å². The number of anilines is 3. The average Bonchev–Trinajstić information content (AvgIpc) is 3.60. The molecule has 234 valence electrons. The minimum absolute atomic E-state index is 0.106. The van der Waals surface area contributed by atoms with Crippen LogP contribution < -0.4 is 30.2 Å². The van der Waals surface area contributed by atoms with Crippen molar-refractivity contribution in [3.05, 3.63) is 53.4 Å². The second-order valence-electron chi connectivity index (χ2n) is 11.0. The molecule has 5 amide bonds. The van der Waals surface area contributed by atoms with E-state index >= 15 is 0 Å². The smallest absolute Gasteiger partial charge is 0.323 e. The van der Waals surface area contributed by atoms with Crippen LogP contribution in [0.1, 0.15) is 35.7 Å². The van der Waals surface area contributed by atoms with E-state index in [9.17, 15) is 19.5 Å². The van der Waals surface area contributed by atoms with Gasteiger partial charge in [0.05, 0.1) is 30.4 Å². The molecule has 2 aliphatic heterocycles. The summed E-state index contributed by atoms with van der Waals surface area (Å²) < 4.78 is 22.3. The molecule has 3 heterocycles. The van der Waals surface area contributed by atoms with Gasteiger partial charge < -0.3 is 49.6 Å². The predicted molar refractivity (Wildman–Crippen MR) is 160 cm³/mol. The zero-order chi connectivity index (χ0) is 31.5. The molecule has 0 bridgehead atoms. The number of aryl methyl sites for hydroxylation is 2. The molecular formula is C30H36N6O8. The van der Waals surface area contributed by atoms with Crippen molar-refractivity contribution in [2.24, 2.45) is 5.92 Å². The number of aliphatic hydroxyl groups excluding tert-OH is 1. The number of aromatic nitrogens is 1. The van der Waals surface area contributed by atoms with Crippen molar-refractivity contribution in [1.82, 2.24) is 15.0 Å². The fourth-order valence-corrected chi connectivity index (χ4v) is 5.04. The van der Waals surface area contributed by atoms with E-state index < -0.39 is 24.2 Å². The number of amides is 5. The lowest BCUT2D eigenvalue weighted by molar-refractivity contribution is 0.0373. The summed E-state index contributed by atoms with van der Waals surface area (Å²) in [6.45, 7) is 7.37. The van der Waals surface area contributed by atoms with Crippen molar-refractivity contribution >= 4 is 35.0 Å². The molecule has 44 heavy (non-hydrogen) atoms. The SMILES string of the molecule is Cc1noc(C)c1NC(=O)N(C)C[C@@H]1Oc2c(NC(=O)Nc3ccc4c(c3)OCO4)cccc2C(=O)N([C@H](C)CO)C[C@@H]1C. The van der Waals surface area contributed by atoms with Crippen molar-refractivity contribution < 1.29 is 38.2 Å². The fourth-order valence-electron chi connectivity index (χ4n) is 5.04. The van der Waals surface area contributed by atoms with Crippen molar-refractivity contribution in [2.75, 3.05) is 49.5 Å². The second kappa shape index (κ2) is 12.7. The molecule has 5 rings (SSSR count). The van der Waals surface area contributed by atoms with Crippen LogP contribution in [0.25, 0.3) is 0 Å². The highest BCUT2D eigenvalue weighted by Gasteiger charge is 2.35. The maximum atomic E-state index is 13.7. The number of rotatable bonds is 7. The van der Waals surface area contributed by atoms with E-state index in [0.717, 1.165) is 0 Å². The van der Waals surface area contributed by atoms with Gasteiger partial charge >= 0.3 is 12.1 Å². The number of likely N-dealkylation sites (N-methyl/N-ethyl adjacent to an activating group) is 1. The molecule has 2 aliphatic rings. The van der Waals surface area contributed by atoms with Crippen molar-refractivity contribution in [1.29, 1.82) is 0 Å². The summed E-state index contributed by atoms with van der Waals surface area (Å²) in [6, 6.07) is 8.44. The molecule has 2 aromatic carbocycles. The Morgan fingerprint density at radius 2 is 1.91 bits per heavy atom. The average molecular weight is 609 g/mol. The van der Waals surface area contributed by atoms with Crippen LogP contribution in [0.4, 0.5) is 26.7 Å². The van der Waals surface area contributed by atoms with Crippen molar-refractivity contribution in [3.63, 3.8) is 0 Å². The van der Waals surface area contributed by atoms with Gasteiger partial charge in [0.25, 0.3) is 5.91 Å². The van der Waals surface area contributed by atoms with Gasteiger partial charge in [-0.05, 0) is 45.0 Å². The topological polar surface area (TPSA) is 168 Å². The van der Waals surface area contributed by atoms with E-state index in [4.69, 9.17) is 18.7 Å². The molecule has 0 unspecified atom stereocenters. The first-order valence-corrected chi connectivity index (χ1v) is 14.2. The van der Waals surface area contributed by atoms with Crippen LogP contribution in [0.5, 0.6) is 17.2 Å². The van der Waals surface area contributed by atoms with Gasteiger partial charge in [-0.15, -0.1) is 0 Å². The third-order valence-electron chi connectivity index (χ3n) is 7.64. The van der Waals surface area contributed by atoms with Crippen LogP contribution in [-0.4, -0.2) is 83.7 Å². The lowest BCUT2D eigenvalue weighted by Crippen LogP contribution is -2.50. The van der Waals surface area contributed by atoms with Crippen LogP contribution in [0.2, 0.25) is 0 Å². The minimum atomic E-state index is -0.601. The maximum absolute atomic E-state index is 13.7. The van der Waals surface area contributed by atoms with E-state index in [1.807, 2.05) is 6.92 Å². The molecule has 1 aromatic heterocycles. The number of nitrogens with one attached hydrogen (secondary N) is 3. The number of aliphatic hydroxyl groups is 1. The highest BCUT2D eigenvalue weighted by atomic mass is 16.7. The monoisotopic (exact) mass is 608 g/mol. The van der Waals surface area contributed by atoms with E-state index in [1.54, 1.807) is 69.1 Å². The third kappa shape index (κ3) is 6.34. The number of urea groups is 2. The van der Waals surface area contributed by atoms with Gasteiger partial charge in [-0.25, -0.2) is 9.59 Å². The number of para-hydroxylation sites is 1. The summed E-state index contributed by atoms with van der Waals surface area (Å²) in [5.74, 6) is 1.11. The Bertz CT molecular complexity index is 1540. The third-order valence-corrected chi connectivity index (χ3v) is 7.64. The summed E-state index contributed by atoms with van der Waals surface area (Å²) in [6.07, 6.45) is -0.601. The Morgan fingerprint density at radius 3 is 2.64 bits per heavy atom. The Kier molecular flexibility index (Phi) is 8.81. The Hall–Kier alpha value is -4.98. The van der Waals surface area contributed by atoms with Crippen LogP contribution >= 0.6 is 0 Å². The minimum Gasteiger partial charge on any atom is -0.485 e. The Labute approximate surface area is 254 Å². The molecule has 4 N–H and O–H groups in total. The Morgan fingerprint density at radius 1 is 1.14 bits per heavy atom. The van der Waals surface area contributed by atoms with E-state index in [1.165, 1.54) is 4.90 Å². The number of carbonyl (C=O) groups is 3. The highest BCUT2D eigenvalue weighted by Crippen LogP contribution is 2.36. The molecule has 0 saturated carbocycles. The second-order valence-corrected chi connectivity index (χ2v) is 11.0. The summed E-state index contributed by atoms with van der Waals surface area (Å²) in [7, 11) is 1.63. The van der Waals surface area contributed by atoms with Gasteiger partial charge in [0.1, 0.15) is 17.5 Å². The van der Waals surface area contributed by atoms with E-state index in [2.05, 4.69) is 21.1 Å². The first kappa shape index (κ1) is 30.5. The highest BCUT2D eigenvalue weighted by molar-refractivity contribution is 6.04. The van der Waals surface area contributed by atoms with Gasteiger partial charge in [0.15, 0.2) is 23.0 Å².